The van der Waals surface area contributed by atoms with Gasteiger partial charge in [-0.25, -0.2) is 9.07 Å². The van der Waals surface area contributed by atoms with E-state index >= 15 is 0 Å². The second-order valence-corrected chi connectivity index (χ2v) is 5.55. The van der Waals surface area contributed by atoms with E-state index in [0.29, 0.717) is 17.1 Å². The van der Waals surface area contributed by atoms with Gasteiger partial charge in [0.25, 0.3) is 11.8 Å². The third kappa shape index (κ3) is 3.91. The highest BCUT2D eigenvalue weighted by Gasteiger charge is 2.25. The predicted octanol–water partition coefficient (Wildman–Crippen LogP) is 0.694. The molecule has 0 aliphatic heterocycles. The minimum absolute atomic E-state index is 0.147. The van der Waals surface area contributed by atoms with Crippen molar-refractivity contribution in [3.05, 3.63) is 65.5 Å². The number of benzene rings is 1. The first-order valence-corrected chi connectivity index (χ1v) is 7.77. The van der Waals surface area contributed by atoms with Gasteiger partial charge in [0.15, 0.2) is 0 Å². The Morgan fingerprint density at radius 3 is 2.77 bits per heavy atom. The smallest absolute Gasteiger partial charge is 0.286 e. The molecule has 26 heavy (non-hydrogen) atoms. The molecule has 0 spiro atoms. The highest BCUT2D eigenvalue weighted by Crippen LogP contribution is 2.15. The fraction of sp³-hybridized carbons (Fsp3) is 0.188. The summed E-state index contributed by atoms with van der Waals surface area (Å²) in [6.07, 6.45) is 1.74. The van der Waals surface area contributed by atoms with Crippen molar-refractivity contribution >= 4 is 11.8 Å². The highest BCUT2D eigenvalue weighted by atomic mass is 19.1. The lowest BCUT2D eigenvalue weighted by Crippen LogP contribution is -2.46. The Hall–Kier alpha value is -3.56. The largest absolute Gasteiger partial charge is 0.357 e. The number of H-pyrrole nitrogens is 1. The number of hydrazine groups is 1. The average molecular weight is 357 g/mol. The van der Waals surface area contributed by atoms with E-state index in [4.69, 9.17) is 0 Å². The monoisotopic (exact) mass is 357 g/mol. The molecule has 2 heterocycles. The van der Waals surface area contributed by atoms with Gasteiger partial charge in [0, 0.05) is 12.6 Å². The van der Waals surface area contributed by atoms with Gasteiger partial charge in [-0.3, -0.25) is 20.4 Å². The maximum atomic E-state index is 13.4. The van der Waals surface area contributed by atoms with Crippen LogP contribution in [0.1, 0.15) is 27.9 Å². The molecule has 0 bridgehead atoms. The van der Waals surface area contributed by atoms with Crippen LogP contribution in [0.2, 0.25) is 0 Å². The molecule has 134 valence electrons. The van der Waals surface area contributed by atoms with Gasteiger partial charge in [0.05, 0.1) is 0 Å². The summed E-state index contributed by atoms with van der Waals surface area (Å²) in [7, 11) is 0. The van der Waals surface area contributed by atoms with E-state index in [1.165, 1.54) is 16.8 Å². The van der Waals surface area contributed by atoms with Crippen molar-refractivity contribution in [1.29, 1.82) is 0 Å². The van der Waals surface area contributed by atoms with Crippen LogP contribution in [0, 0.1) is 12.7 Å². The number of rotatable bonds is 5. The summed E-state index contributed by atoms with van der Waals surface area (Å²) in [5.74, 6) is -1.03. The van der Waals surface area contributed by atoms with Gasteiger partial charge < -0.3 is 4.98 Å². The molecule has 0 radical (unpaired) electrons. The van der Waals surface area contributed by atoms with Crippen molar-refractivity contribution in [1.82, 2.24) is 36.0 Å². The molecule has 3 rings (SSSR count). The van der Waals surface area contributed by atoms with E-state index in [-0.39, 0.29) is 6.42 Å². The second-order valence-electron chi connectivity index (χ2n) is 5.55. The molecular weight excluding hydrogens is 341 g/mol. The van der Waals surface area contributed by atoms with Crippen LogP contribution in [0.5, 0.6) is 0 Å². The van der Waals surface area contributed by atoms with Crippen molar-refractivity contribution in [2.24, 2.45) is 0 Å². The third-order valence-corrected chi connectivity index (χ3v) is 3.72. The van der Waals surface area contributed by atoms with Crippen LogP contribution in [-0.2, 0) is 11.2 Å². The zero-order chi connectivity index (χ0) is 18.5. The number of carbonyl (C=O) groups excluding carboxylic acids is 2. The summed E-state index contributed by atoms with van der Waals surface area (Å²) in [5.41, 5.74) is 5.56. The molecule has 10 heteroatoms. The van der Waals surface area contributed by atoms with Crippen LogP contribution in [0.15, 0.2) is 42.6 Å². The van der Waals surface area contributed by atoms with Crippen LogP contribution in [0.4, 0.5) is 4.39 Å². The SMILES string of the molecule is Cc1nnnn1C(Cc1cccc(F)c1)C(=O)NNC(=O)c1ccc[nH]1. The molecule has 0 saturated carbocycles. The van der Waals surface area contributed by atoms with Crippen LogP contribution < -0.4 is 10.9 Å². The number of halogens is 1. The minimum Gasteiger partial charge on any atom is -0.357 e. The van der Waals surface area contributed by atoms with Gasteiger partial charge >= 0.3 is 0 Å². The molecule has 2 aromatic heterocycles. The summed E-state index contributed by atoms with van der Waals surface area (Å²) in [5, 5.41) is 11.1. The zero-order valence-corrected chi connectivity index (χ0v) is 13.8. The lowest BCUT2D eigenvalue weighted by molar-refractivity contribution is -0.125. The zero-order valence-electron chi connectivity index (χ0n) is 13.8. The number of hydrogen-bond acceptors (Lipinski definition) is 5. The van der Waals surface area contributed by atoms with Crippen LogP contribution in [-0.4, -0.2) is 37.0 Å². The number of hydrogen-bond donors (Lipinski definition) is 3. The van der Waals surface area contributed by atoms with Gasteiger partial charge in [0.2, 0.25) is 0 Å². The molecule has 0 aliphatic rings. The van der Waals surface area contributed by atoms with Gasteiger partial charge in [-0.05, 0) is 47.2 Å². The van der Waals surface area contributed by atoms with Crippen molar-refractivity contribution < 1.29 is 14.0 Å². The fourth-order valence-corrected chi connectivity index (χ4v) is 2.44. The Bertz CT molecular complexity index is 907. The van der Waals surface area contributed by atoms with Crippen molar-refractivity contribution in [2.75, 3.05) is 0 Å². The maximum Gasteiger partial charge on any atom is 0.286 e. The number of amides is 2. The molecular formula is C16H16FN7O2. The van der Waals surface area contributed by atoms with Crippen LogP contribution >= 0.6 is 0 Å². The van der Waals surface area contributed by atoms with E-state index < -0.39 is 23.7 Å². The standard InChI is InChI=1S/C16H16FN7O2/c1-10-19-22-23-24(10)14(9-11-4-2-5-12(17)8-11)16(26)21-20-15(25)13-6-3-7-18-13/h2-8,14,18H,9H2,1H3,(H,20,25)(H,21,26). The Morgan fingerprint density at radius 1 is 1.27 bits per heavy atom. The van der Waals surface area contributed by atoms with Gasteiger partial charge in [-0.15, -0.1) is 5.10 Å². The maximum absolute atomic E-state index is 13.4. The van der Waals surface area contributed by atoms with Crippen LogP contribution in [0.25, 0.3) is 0 Å². The Labute approximate surface area is 147 Å². The van der Waals surface area contributed by atoms with Crippen molar-refractivity contribution in [3.63, 3.8) is 0 Å². The molecule has 1 aromatic carbocycles. The molecule has 9 nitrogen and oxygen atoms in total. The topological polar surface area (TPSA) is 118 Å². The fourth-order valence-electron chi connectivity index (χ4n) is 2.44. The average Bonchev–Trinajstić information content (AvgIpc) is 3.29. The van der Waals surface area contributed by atoms with Crippen molar-refractivity contribution in [3.8, 4) is 0 Å². The van der Waals surface area contributed by atoms with E-state index in [1.54, 1.807) is 37.4 Å². The normalized spacial score (nSPS) is 11.8. The number of nitrogens with one attached hydrogen (secondary N) is 3. The minimum atomic E-state index is -0.865. The van der Waals surface area contributed by atoms with Gasteiger partial charge in [0.1, 0.15) is 23.4 Å². The molecule has 0 fully saturated rings. The number of aromatic amines is 1. The first-order valence-electron chi connectivity index (χ1n) is 7.77. The predicted molar refractivity (Wildman–Crippen MR) is 88.1 cm³/mol. The third-order valence-electron chi connectivity index (χ3n) is 3.72. The highest BCUT2D eigenvalue weighted by molar-refractivity contribution is 5.94. The molecule has 3 N–H and O–H groups in total. The van der Waals surface area contributed by atoms with E-state index in [2.05, 4.69) is 31.4 Å². The van der Waals surface area contributed by atoms with E-state index in [9.17, 15) is 14.0 Å². The Kier molecular flexibility index (Phi) is 5.02. The molecule has 2 amide bonds. The van der Waals surface area contributed by atoms with Crippen molar-refractivity contribution in [2.45, 2.75) is 19.4 Å². The van der Waals surface area contributed by atoms with E-state index in [1.807, 2.05) is 0 Å². The first kappa shape index (κ1) is 17.3. The summed E-state index contributed by atoms with van der Waals surface area (Å²) < 4.78 is 14.8. The quantitative estimate of drug-likeness (QED) is 0.581. The second kappa shape index (κ2) is 7.55. The van der Waals surface area contributed by atoms with E-state index in [0.717, 1.165) is 0 Å². The number of aromatic nitrogens is 5. The molecule has 1 atom stereocenters. The molecule has 3 aromatic rings. The van der Waals surface area contributed by atoms with Gasteiger partial charge in [-0.2, -0.15) is 0 Å². The summed E-state index contributed by atoms with van der Waals surface area (Å²) >= 11 is 0. The van der Waals surface area contributed by atoms with Crippen LogP contribution in [0.3, 0.4) is 0 Å². The first-order chi connectivity index (χ1) is 12.5. The number of aryl methyl sites for hydroxylation is 1. The number of carbonyl (C=O) groups is 2. The summed E-state index contributed by atoms with van der Waals surface area (Å²) in [4.78, 5) is 27.3. The summed E-state index contributed by atoms with van der Waals surface area (Å²) in [6, 6.07) is 8.26. The Balaban J connectivity index is 1.75. The molecule has 0 saturated heterocycles. The lowest BCUT2D eigenvalue weighted by Gasteiger charge is -2.17. The Morgan fingerprint density at radius 2 is 2.12 bits per heavy atom. The molecule has 1 unspecified atom stereocenters. The molecule has 0 aliphatic carbocycles. The summed E-state index contributed by atoms with van der Waals surface area (Å²) in [6.45, 7) is 1.64. The number of nitrogens with zero attached hydrogens (tertiary/aromatic N) is 4. The lowest BCUT2D eigenvalue weighted by atomic mass is 10.1. The number of tetrazole rings is 1. The van der Waals surface area contributed by atoms with Gasteiger partial charge in [-0.1, -0.05) is 12.1 Å².